The standard InChI is InChI=1S/C11H14ClN3O4S/c12-9-7-8(15(16)17)4-5-10(9)20(18,19)14-6-2-1-3-11(14)13/h4-5,7,11H,1-3,6,13H2. The van der Waals surface area contributed by atoms with Crippen LogP contribution in [-0.4, -0.2) is 30.4 Å². The number of benzene rings is 1. The maximum absolute atomic E-state index is 12.5. The molecule has 0 radical (unpaired) electrons. The third kappa shape index (κ3) is 2.78. The van der Waals surface area contributed by atoms with Crippen molar-refractivity contribution in [2.45, 2.75) is 30.3 Å². The highest BCUT2D eigenvalue weighted by Crippen LogP contribution is 2.30. The molecule has 0 aromatic heterocycles. The van der Waals surface area contributed by atoms with E-state index in [0.29, 0.717) is 13.0 Å². The van der Waals surface area contributed by atoms with E-state index >= 15 is 0 Å². The van der Waals surface area contributed by atoms with E-state index in [9.17, 15) is 18.5 Å². The second-order valence-electron chi connectivity index (χ2n) is 4.55. The van der Waals surface area contributed by atoms with E-state index in [1.54, 1.807) is 0 Å². The number of nitrogens with two attached hydrogens (primary N) is 1. The van der Waals surface area contributed by atoms with Crippen molar-refractivity contribution >= 4 is 27.3 Å². The Balaban J connectivity index is 2.41. The lowest BCUT2D eigenvalue weighted by molar-refractivity contribution is -0.384. The van der Waals surface area contributed by atoms with Crippen LogP contribution in [0.1, 0.15) is 19.3 Å². The molecule has 20 heavy (non-hydrogen) atoms. The van der Waals surface area contributed by atoms with Gasteiger partial charge >= 0.3 is 0 Å². The molecule has 1 atom stereocenters. The molecule has 9 heteroatoms. The maximum atomic E-state index is 12.5. The van der Waals surface area contributed by atoms with E-state index < -0.39 is 21.1 Å². The Morgan fingerprint density at radius 1 is 1.40 bits per heavy atom. The quantitative estimate of drug-likeness (QED) is 0.674. The fraction of sp³-hybridized carbons (Fsp3) is 0.455. The summed E-state index contributed by atoms with van der Waals surface area (Å²) in [6, 6.07) is 3.30. The number of nitro benzene ring substituents is 1. The lowest BCUT2D eigenvalue weighted by atomic mass is 10.1. The van der Waals surface area contributed by atoms with Crippen LogP contribution in [-0.2, 0) is 10.0 Å². The molecule has 0 amide bonds. The second-order valence-corrected chi connectivity index (χ2v) is 6.82. The van der Waals surface area contributed by atoms with Crippen molar-refractivity contribution in [2.24, 2.45) is 5.73 Å². The number of halogens is 1. The van der Waals surface area contributed by atoms with Gasteiger partial charge in [0.15, 0.2) is 0 Å². The third-order valence-electron chi connectivity index (χ3n) is 3.21. The Labute approximate surface area is 121 Å². The minimum atomic E-state index is -3.83. The predicted octanol–water partition coefficient (Wildman–Crippen LogP) is 1.71. The molecule has 1 aromatic carbocycles. The lowest BCUT2D eigenvalue weighted by Crippen LogP contribution is -2.48. The van der Waals surface area contributed by atoms with E-state index in [1.807, 2.05) is 0 Å². The molecule has 1 unspecified atom stereocenters. The summed E-state index contributed by atoms with van der Waals surface area (Å²) in [5.74, 6) is 0. The van der Waals surface area contributed by atoms with Crippen LogP contribution in [0.3, 0.4) is 0 Å². The number of rotatable bonds is 3. The molecule has 0 bridgehead atoms. The first kappa shape index (κ1) is 15.2. The summed E-state index contributed by atoms with van der Waals surface area (Å²) < 4.78 is 26.2. The third-order valence-corrected chi connectivity index (χ3v) is 5.62. The van der Waals surface area contributed by atoms with Gasteiger partial charge in [0.25, 0.3) is 5.69 Å². The molecular formula is C11H14ClN3O4S. The van der Waals surface area contributed by atoms with Crippen LogP contribution < -0.4 is 5.73 Å². The molecular weight excluding hydrogens is 306 g/mol. The first-order chi connectivity index (χ1) is 9.34. The van der Waals surface area contributed by atoms with Gasteiger partial charge in [0, 0.05) is 18.7 Å². The Bertz CT molecular complexity index is 635. The average Bonchev–Trinajstić information content (AvgIpc) is 2.38. The van der Waals surface area contributed by atoms with Gasteiger partial charge < -0.3 is 5.73 Å². The number of sulfonamides is 1. The number of nitrogens with zero attached hydrogens (tertiary/aromatic N) is 2. The van der Waals surface area contributed by atoms with Gasteiger partial charge in [-0.15, -0.1) is 0 Å². The van der Waals surface area contributed by atoms with Crippen molar-refractivity contribution < 1.29 is 13.3 Å². The molecule has 2 rings (SSSR count). The Morgan fingerprint density at radius 3 is 2.65 bits per heavy atom. The summed E-state index contributed by atoms with van der Waals surface area (Å²) >= 11 is 5.87. The lowest BCUT2D eigenvalue weighted by Gasteiger charge is -2.32. The van der Waals surface area contributed by atoms with Gasteiger partial charge in [0.1, 0.15) is 4.90 Å². The molecule has 1 aliphatic heterocycles. The van der Waals surface area contributed by atoms with Crippen molar-refractivity contribution in [1.29, 1.82) is 0 Å². The summed E-state index contributed by atoms with van der Waals surface area (Å²) in [4.78, 5) is 9.85. The molecule has 0 spiro atoms. The fourth-order valence-electron chi connectivity index (χ4n) is 2.17. The predicted molar refractivity (Wildman–Crippen MR) is 73.8 cm³/mol. The fourth-order valence-corrected chi connectivity index (χ4v) is 4.26. The molecule has 0 saturated carbocycles. The highest BCUT2D eigenvalue weighted by atomic mass is 35.5. The van der Waals surface area contributed by atoms with Crippen LogP contribution in [0.25, 0.3) is 0 Å². The van der Waals surface area contributed by atoms with Crippen LogP contribution >= 0.6 is 11.6 Å². The minimum absolute atomic E-state index is 0.151. The number of nitro groups is 1. The van der Waals surface area contributed by atoms with Crippen LogP contribution in [0.2, 0.25) is 5.02 Å². The molecule has 1 saturated heterocycles. The zero-order valence-electron chi connectivity index (χ0n) is 10.5. The zero-order chi connectivity index (χ0) is 14.9. The monoisotopic (exact) mass is 319 g/mol. The highest BCUT2D eigenvalue weighted by Gasteiger charge is 2.33. The van der Waals surface area contributed by atoms with E-state index in [0.717, 1.165) is 31.0 Å². The number of piperidine rings is 1. The van der Waals surface area contributed by atoms with E-state index in [4.69, 9.17) is 17.3 Å². The van der Waals surface area contributed by atoms with Crippen molar-refractivity contribution in [3.05, 3.63) is 33.3 Å². The molecule has 1 heterocycles. The smallest absolute Gasteiger partial charge is 0.271 e. The molecule has 1 aromatic rings. The first-order valence-corrected chi connectivity index (χ1v) is 7.87. The van der Waals surface area contributed by atoms with Gasteiger partial charge in [-0.2, -0.15) is 4.31 Å². The minimum Gasteiger partial charge on any atom is -0.315 e. The number of hydrogen-bond donors (Lipinski definition) is 1. The van der Waals surface area contributed by atoms with Gasteiger partial charge in [-0.05, 0) is 25.3 Å². The molecule has 110 valence electrons. The highest BCUT2D eigenvalue weighted by molar-refractivity contribution is 7.89. The van der Waals surface area contributed by atoms with Crippen molar-refractivity contribution in [1.82, 2.24) is 4.31 Å². The topological polar surface area (TPSA) is 107 Å². The SMILES string of the molecule is NC1CCCCN1S(=O)(=O)c1ccc([N+](=O)[O-])cc1Cl. The van der Waals surface area contributed by atoms with E-state index in [-0.39, 0.29) is 15.6 Å². The molecule has 1 fully saturated rings. The number of non-ortho nitro benzene ring substituents is 1. The van der Waals surface area contributed by atoms with Crippen LogP contribution in [0, 0.1) is 10.1 Å². The largest absolute Gasteiger partial charge is 0.315 e. The molecule has 2 N–H and O–H groups in total. The van der Waals surface area contributed by atoms with Crippen molar-refractivity contribution in [3.8, 4) is 0 Å². The Hall–Kier alpha value is -1.22. The van der Waals surface area contributed by atoms with Gasteiger partial charge in [-0.1, -0.05) is 11.6 Å². The summed E-state index contributed by atoms with van der Waals surface area (Å²) in [7, 11) is -3.83. The van der Waals surface area contributed by atoms with Gasteiger partial charge in [0.05, 0.1) is 16.1 Å². The summed E-state index contributed by atoms with van der Waals surface area (Å²) in [6.07, 6.45) is 1.61. The van der Waals surface area contributed by atoms with Crippen LogP contribution in [0.4, 0.5) is 5.69 Å². The van der Waals surface area contributed by atoms with Crippen LogP contribution in [0.15, 0.2) is 23.1 Å². The zero-order valence-corrected chi connectivity index (χ0v) is 12.1. The molecule has 0 aliphatic carbocycles. The summed E-state index contributed by atoms with van der Waals surface area (Å²) in [5.41, 5.74) is 5.57. The van der Waals surface area contributed by atoms with Gasteiger partial charge in [-0.25, -0.2) is 8.42 Å². The second kappa shape index (κ2) is 5.65. The first-order valence-electron chi connectivity index (χ1n) is 6.05. The van der Waals surface area contributed by atoms with Crippen LogP contribution in [0.5, 0.6) is 0 Å². The summed E-state index contributed by atoms with van der Waals surface area (Å²) in [5, 5.41) is 10.5. The maximum Gasteiger partial charge on any atom is 0.271 e. The van der Waals surface area contributed by atoms with Gasteiger partial charge in [0.2, 0.25) is 10.0 Å². The molecule has 7 nitrogen and oxygen atoms in total. The van der Waals surface area contributed by atoms with Crippen molar-refractivity contribution in [2.75, 3.05) is 6.54 Å². The normalized spacial score (nSPS) is 20.8. The van der Waals surface area contributed by atoms with E-state index in [1.165, 1.54) is 4.31 Å². The molecule has 1 aliphatic rings. The Morgan fingerprint density at radius 2 is 2.10 bits per heavy atom. The van der Waals surface area contributed by atoms with Crippen molar-refractivity contribution in [3.63, 3.8) is 0 Å². The number of hydrogen-bond acceptors (Lipinski definition) is 5. The van der Waals surface area contributed by atoms with E-state index in [2.05, 4.69) is 0 Å². The van der Waals surface area contributed by atoms with Gasteiger partial charge in [-0.3, -0.25) is 10.1 Å². The Kier molecular flexibility index (Phi) is 4.28. The average molecular weight is 320 g/mol. The summed E-state index contributed by atoms with van der Waals surface area (Å²) in [6.45, 7) is 0.330.